The van der Waals surface area contributed by atoms with Crippen molar-refractivity contribution in [2.75, 3.05) is 0 Å². The fraction of sp³-hybridized carbons (Fsp3) is 0. The topological polar surface area (TPSA) is 101 Å². The molecule has 0 unspecified atom stereocenters. The minimum Gasteiger partial charge on any atom is -0.272 e. The minimum atomic E-state index is -3.96. The van der Waals surface area contributed by atoms with Crippen molar-refractivity contribution in [3.8, 4) is 0 Å². The predicted octanol–water partition coefficient (Wildman–Crippen LogP) is 0.753. The van der Waals surface area contributed by atoms with Gasteiger partial charge < -0.3 is 0 Å². The molecule has 0 fully saturated rings. The highest BCUT2D eigenvalue weighted by molar-refractivity contribution is 7.89. The molecule has 2 rings (SSSR count). The first-order valence-electron chi connectivity index (χ1n) is 5.33. The summed E-state index contributed by atoms with van der Waals surface area (Å²) in [4.78, 5) is 20.9. The Morgan fingerprint density at radius 1 is 1.20 bits per heavy atom. The molecule has 0 bridgehead atoms. The molecule has 0 aliphatic carbocycles. The molecule has 0 saturated heterocycles. The van der Waals surface area contributed by atoms with Crippen LogP contribution in [0.5, 0.6) is 0 Å². The maximum absolute atomic E-state index is 11.9. The summed E-state index contributed by atoms with van der Waals surface area (Å²) in [5.74, 6) is -0.728. The van der Waals surface area contributed by atoms with Crippen LogP contribution < -0.4 is 10.3 Å². The molecule has 0 aliphatic heterocycles. The van der Waals surface area contributed by atoms with Crippen LogP contribution in [0.15, 0.2) is 47.8 Å². The van der Waals surface area contributed by atoms with Gasteiger partial charge in [0.2, 0.25) is 0 Å². The summed E-state index contributed by atoms with van der Waals surface area (Å²) in [5.41, 5.74) is 2.01. The quantitative estimate of drug-likeness (QED) is 0.811. The number of hydrogen-bond acceptors (Lipinski definition) is 5. The zero-order valence-electron chi connectivity index (χ0n) is 9.95. The zero-order chi connectivity index (χ0) is 14.6. The van der Waals surface area contributed by atoms with Crippen molar-refractivity contribution in [2.45, 2.75) is 4.90 Å². The van der Waals surface area contributed by atoms with Gasteiger partial charge in [0.1, 0.15) is 10.6 Å². The Labute approximate surface area is 120 Å². The van der Waals surface area contributed by atoms with Crippen molar-refractivity contribution in [1.82, 2.24) is 20.2 Å². The molecule has 9 heteroatoms. The zero-order valence-corrected chi connectivity index (χ0v) is 11.5. The summed E-state index contributed by atoms with van der Waals surface area (Å²) in [5, 5.41) is 0.0498. The van der Waals surface area contributed by atoms with Crippen LogP contribution in [0.4, 0.5) is 0 Å². The molecule has 2 N–H and O–H groups in total. The van der Waals surface area contributed by atoms with Gasteiger partial charge in [-0.3, -0.25) is 15.2 Å². The van der Waals surface area contributed by atoms with Gasteiger partial charge in [-0.1, -0.05) is 23.7 Å². The maximum atomic E-state index is 11.9. The molecule has 1 heterocycles. The van der Waals surface area contributed by atoms with Crippen LogP contribution in [-0.2, 0) is 10.0 Å². The summed E-state index contributed by atoms with van der Waals surface area (Å²) in [7, 11) is -3.96. The van der Waals surface area contributed by atoms with E-state index < -0.39 is 15.9 Å². The number of nitrogens with one attached hydrogen (secondary N) is 2. The second-order valence-corrected chi connectivity index (χ2v) is 5.64. The molecule has 104 valence electrons. The molecule has 1 amide bonds. The molecule has 0 atom stereocenters. The van der Waals surface area contributed by atoms with E-state index in [-0.39, 0.29) is 15.6 Å². The number of benzene rings is 1. The Morgan fingerprint density at radius 3 is 2.60 bits per heavy atom. The fourth-order valence-corrected chi connectivity index (χ4v) is 2.67. The molecule has 0 saturated carbocycles. The van der Waals surface area contributed by atoms with Crippen molar-refractivity contribution in [3.63, 3.8) is 0 Å². The van der Waals surface area contributed by atoms with Crippen LogP contribution >= 0.6 is 11.6 Å². The van der Waals surface area contributed by atoms with E-state index in [0.29, 0.717) is 0 Å². The first kappa shape index (κ1) is 14.4. The monoisotopic (exact) mass is 312 g/mol. The number of rotatable bonds is 4. The Balaban J connectivity index is 2.11. The van der Waals surface area contributed by atoms with Crippen LogP contribution in [0.2, 0.25) is 5.02 Å². The van der Waals surface area contributed by atoms with Gasteiger partial charge in [-0.05, 0) is 12.1 Å². The van der Waals surface area contributed by atoms with Crippen molar-refractivity contribution in [2.24, 2.45) is 0 Å². The van der Waals surface area contributed by atoms with Crippen molar-refractivity contribution in [1.29, 1.82) is 0 Å². The van der Waals surface area contributed by atoms with Crippen LogP contribution in [0.25, 0.3) is 0 Å². The molecule has 0 radical (unpaired) electrons. The SMILES string of the molecule is O=C(NNS(=O)(=O)c1ccccc1Cl)c1cnccn1. The number of amides is 1. The van der Waals surface area contributed by atoms with Crippen molar-refractivity contribution in [3.05, 3.63) is 53.6 Å². The van der Waals surface area contributed by atoms with Crippen molar-refractivity contribution >= 4 is 27.5 Å². The lowest BCUT2D eigenvalue weighted by atomic mass is 10.4. The van der Waals surface area contributed by atoms with E-state index in [1.165, 1.54) is 36.8 Å². The lowest BCUT2D eigenvalue weighted by molar-refractivity contribution is 0.0939. The summed E-state index contributed by atoms with van der Waals surface area (Å²) in [6.07, 6.45) is 3.92. The molecule has 0 spiro atoms. The second-order valence-electron chi connectivity index (χ2n) is 3.58. The Kier molecular flexibility index (Phi) is 4.28. The summed E-state index contributed by atoms with van der Waals surface area (Å²) < 4.78 is 23.9. The van der Waals surface area contributed by atoms with Gasteiger partial charge in [0.25, 0.3) is 15.9 Å². The van der Waals surface area contributed by atoms with E-state index in [0.717, 1.165) is 0 Å². The first-order valence-corrected chi connectivity index (χ1v) is 7.19. The van der Waals surface area contributed by atoms with Gasteiger partial charge in [-0.15, -0.1) is 4.83 Å². The second kappa shape index (κ2) is 5.95. The van der Waals surface area contributed by atoms with E-state index in [1.54, 1.807) is 6.07 Å². The highest BCUT2D eigenvalue weighted by Crippen LogP contribution is 2.19. The molecular formula is C11H9ClN4O3S. The first-order chi connectivity index (χ1) is 9.50. The van der Waals surface area contributed by atoms with Gasteiger partial charge >= 0.3 is 0 Å². The molecule has 0 aliphatic rings. The standard InChI is InChI=1S/C11H9ClN4O3S/c12-8-3-1-2-4-10(8)20(18,19)16-15-11(17)9-7-13-5-6-14-9/h1-7,16H,(H,15,17). The number of carbonyl (C=O) groups is 1. The van der Waals surface area contributed by atoms with E-state index in [2.05, 4.69) is 9.97 Å². The third-order valence-corrected chi connectivity index (χ3v) is 3.97. The molecule has 7 nitrogen and oxygen atoms in total. The number of sulfonamides is 1. The van der Waals surface area contributed by atoms with Crippen LogP contribution in [0.1, 0.15) is 10.5 Å². The van der Waals surface area contributed by atoms with Crippen LogP contribution in [0.3, 0.4) is 0 Å². The minimum absolute atomic E-state index is 0.0191. The molecule has 1 aromatic carbocycles. The molecule has 20 heavy (non-hydrogen) atoms. The maximum Gasteiger partial charge on any atom is 0.286 e. The molecule has 2 aromatic rings. The molecule has 1 aromatic heterocycles. The Hall–Kier alpha value is -2.03. The van der Waals surface area contributed by atoms with E-state index >= 15 is 0 Å². The highest BCUT2D eigenvalue weighted by atomic mass is 35.5. The van der Waals surface area contributed by atoms with E-state index in [1.807, 2.05) is 10.3 Å². The van der Waals surface area contributed by atoms with Gasteiger partial charge in [0, 0.05) is 12.4 Å². The predicted molar refractivity (Wildman–Crippen MR) is 71.3 cm³/mol. The largest absolute Gasteiger partial charge is 0.286 e. The number of nitrogens with zero attached hydrogens (tertiary/aromatic N) is 2. The average molecular weight is 313 g/mol. The van der Waals surface area contributed by atoms with E-state index in [9.17, 15) is 13.2 Å². The van der Waals surface area contributed by atoms with E-state index in [4.69, 9.17) is 11.6 Å². The van der Waals surface area contributed by atoms with Gasteiger partial charge in [-0.2, -0.15) is 0 Å². The number of carbonyl (C=O) groups excluding carboxylic acids is 1. The third kappa shape index (κ3) is 3.29. The Morgan fingerprint density at radius 2 is 1.95 bits per heavy atom. The number of hydrogen-bond donors (Lipinski definition) is 2. The van der Waals surface area contributed by atoms with Gasteiger partial charge in [-0.25, -0.2) is 13.4 Å². The number of aromatic nitrogens is 2. The third-order valence-electron chi connectivity index (χ3n) is 2.22. The lowest BCUT2D eigenvalue weighted by Gasteiger charge is -2.08. The average Bonchev–Trinajstić information content (AvgIpc) is 2.46. The van der Waals surface area contributed by atoms with Crippen molar-refractivity contribution < 1.29 is 13.2 Å². The Bertz CT molecular complexity index is 721. The number of halogens is 1. The fourth-order valence-electron chi connectivity index (χ4n) is 1.31. The lowest BCUT2D eigenvalue weighted by Crippen LogP contribution is -2.41. The van der Waals surface area contributed by atoms with Crippen LogP contribution in [-0.4, -0.2) is 24.3 Å². The normalized spacial score (nSPS) is 11.1. The summed E-state index contributed by atoms with van der Waals surface area (Å²) in [6.45, 7) is 0. The van der Waals surface area contributed by atoms with Gasteiger partial charge in [0.15, 0.2) is 0 Å². The summed E-state index contributed by atoms with van der Waals surface area (Å²) >= 11 is 5.79. The smallest absolute Gasteiger partial charge is 0.272 e. The van der Waals surface area contributed by atoms with Crippen LogP contribution in [0, 0.1) is 0 Å². The number of hydrazine groups is 1. The summed E-state index contributed by atoms with van der Waals surface area (Å²) in [6, 6.07) is 5.87. The van der Waals surface area contributed by atoms with Gasteiger partial charge in [0.05, 0.1) is 11.2 Å². The molecular weight excluding hydrogens is 304 g/mol. The highest BCUT2D eigenvalue weighted by Gasteiger charge is 2.18.